The maximum Gasteiger partial charge on any atom is 0.339 e. The highest BCUT2D eigenvalue weighted by molar-refractivity contribution is 5.88. The summed E-state index contributed by atoms with van der Waals surface area (Å²) >= 11 is 0. The van der Waals surface area contributed by atoms with Crippen molar-refractivity contribution in [3.63, 3.8) is 0 Å². The topological polar surface area (TPSA) is 78.3 Å². The minimum absolute atomic E-state index is 0.186. The second kappa shape index (κ2) is 5.85. The summed E-state index contributed by atoms with van der Waals surface area (Å²) in [5.41, 5.74) is 0.746. The smallest absolute Gasteiger partial charge is 0.339 e. The Balaban J connectivity index is 1.47. The monoisotopic (exact) mass is 276 g/mol. The average Bonchev–Trinajstić information content (AvgIpc) is 3.19. The van der Waals surface area contributed by atoms with Crippen LogP contribution < -0.4 is 5.32 Å². The summed E-state index contributed by atoms with van der Waals surface area (Å²) in [6.45, 7) is 3.80. The molecule has 1 saturated heterocycles. The molecule has 1 aliphatic carbocycles. The van der Waals surface area contributed by atoms with E-state index in [1.807, 2.05) is 0 Å². The second-order valence-electron chi connectivity index (χ2n) is 5.70. The van der Waals surface area contributed by atoms with Crippen molar-refractivity contribution in [2.45, 2.75) is 31.8 Å². The van der Waals surface area contributed by atoms with E-state index in [1.54, 1.807) is 0 Å². The highest BCUT2D eigenvalue weighted by Crippen LogP contribution is 2.31. The highest BCUT2D eigenvalue weighted by atomic mass is 16.4. The Morgan fingerprint density at radius 1 is 1.45 bits per heavy atom. The van der Waals surface area contributed by atoms with Gasteiger partial charge in [0.05, 0.1) is 5.69 Å². The number of carboxylic acids is 1. The molecular formula is C14H20N4O2. The van der Waals surface area contributed by atoms with Crippen LogP contribution in [0.15, 0.2) is 12.5 Å². The summed E-state index contributed by atoms with van der Waals surface area (Å²) in [7, 11) is 0. The van der Waals surface area contributed by atoms with Gasteiger partial charge in [0, 0.05) is 25.3 Å². The van der Waals surface area contributed by atoms with Gasteiger partial charge in [-0.3, -0.25) is 0 Å². The van der Waals surface area contributed by atoms with Crippen LogP contribution in [0.3, 0.4) is 0 Å². The van der Waals surface area contributed by atoms with E-state index in [-0.39, 0.29) is 5.56 Å². The Kier molecular flexibility index (Phi) is 3.93. The van der Waals surface area contributed by atoms with Crippen LogP contribution in [0.25, 0.3) is 0 Å². The van der Waals surface area contributed by atoms with E-state index in [1.165, 1.54) is 44.9 Å². The molecule has 1 aromatic rings. The summed E-state index contributed by atoms with van der Waals surface area (Å²) in [5, 5.41) is 12.4. The van der Waals surface area contributed by atoms with Gasteiger partial charge in [0.25, 0.3) is 0 Å². The molecule has 2 aliphatic rings. The molecule has 0 radical (unpaired) electrons. The van der Waals surface area contributed by atoms with Gasteiger partial charge < -0.3 is 15.3 Å². The summed E-state index contributed by atoms with van der Waals surface area (Å²) in [5.74, 6) is -0.297. The SMILES string of the molecule is O=C(O)c1cncnc1CNCC1CCN(C2CC2)C1. The molecule has 0 aromatic carbocycles. The zero-order chi connectivity index (χ0) is 13.9. The standard InChI is InChI=1S/C14H20N4O2/c19-14(20)12-6-16-9-17-13(12)7-15-5-10-3-4-18(8-10)11-1-2-11/h6,9-11,15H,1-5,7-8H2,(H,19,20). The first-order chi connectivity index (χ1) is 9.74. The highest BCUT2D eigenvalue weighted by Gasteiger charge is 2.34. The lowest BCUT2D eigenvalue weighted by molar-refractivity contribution is 0.0694. The van der Waals surface area contributed by atoms with E-state index >= 15 is 0 Å². The molecule has 6 nitrogen and oxygen atoms in total. The van der Waals surface area contributed by atoms with Crippen LogP contribution in [-0.2, 0) is 6.54 Å². The normalized spacial score (nSPS) is 23.1. The first-order valence-electron chi connectivity index (χ1n) is 7.21. The number of aromatic nitrogens is 2. The van der Waals surface area contributed by atoms with Gasteiger partial charge in [0.2, 0.25) is 0 Å². The van der Waals surface area contributed by atoms with Crippen molar-refractivity contribution in [3.8, 4) is 0 Å². The fourth-order valence-corrected chi connectivity index (χ4v) is 2.87. The molecule has 2 heterocycles. The lowest BCUT2D eigenvalue weighted by Gasteiger charge is -2.15. The molecule has 0 spiro atoms. The lowest BCUT2D eigenvalue weighted by Crippen LogP contribution is -2.28. The third-order valence-corrected chi connectivity index (χ3v) is 4.13. The minimum Gasteiger partial charge on any atom is -0.478 e. The molecule has 1 saturated carbocycles. The van der Waals surface area contributed by atoms with Crippen molar-refractivity contribution in [3.05, 3.63) is 23.8 Å². The third kappa shape index (κ3) is 3.13. The molecule has 0 bridgehead atoms. The summed E-state index contributed by atoms with van der Waals surface area (Å²) in [6, 6.07) is 0.848. The molecule has 1 aromatic heterocycles. The molecule has 6 heteroatoms. The van der Waals surface area contributed by atoms with Crippen molar-refractivity contribution >= 4 is 5.97 Å². The molecule has 3 rings (SSSR count). The number of hydrogen-bond donors (Lipinski definition) is 2. The summed E-state index contributed by atoms with van der Waals surface area (Å²) < 4.78 is 0. The molecule has 0 amide bonds. The first kappa shape index (κ1) is 13.5. The van der Waals surface area contributed by atoms with Gasteiger partial charge in [-0.15, -0.1) is 0 Å². The van der Waals surface area contributed by atoms with Crippen molar-refractivity contribution < 1.29 is 9.90 Å². The number of likely N-dealkylation sites (tertiary alicyclic amines) is 1. The fraction of sp³-hybridized carbons (Fsp3) is 0.643. The molecule has 1 aliphatic heterocycles. The van der Waals surface area contributed by atoms with Crippen LogP contribution in [0.2, 0.25) is 0 Å². The van der Waals surface area contributed by atoms with E-state index in [9.17, 15) is 4.79 Å². The number of rotatable bonds is 6. The third-order valence-electron chi connectivity index (χ3n) is 4.13. The van der Waals surface area contributed by atoms with Gasteiger partial charge >= 0.3 is 5.97 Å². The number of carbonyl (C=O) groups is 1. The molecular weight excluding hydrogens is 256 g/mol. The fourth-order valence-electron chi connectivity index (χ4n) is 2.87. The van der Waals surface area contributed by atoms with Crippen molar-refractivity contribution in [2.24, 2.45) is 5.92 Å². The lowest BCUT2D eigenvalue weighted by atomic mass is 10.1. The Labute approximate surface area is 118 Å². The number of carboxylic acid groups (broad SMARTS) is 1. The van der Waals surface area contributed by atoms with Crippen LogP contribution in [0.5, 0.6) is 0 Å². The van der Waals surface area contributed by atoms with Crippen LogP contribution in [0.1, 0.15) is 35.3 Å². The van der Waals surface area contributed by atoms with Gasteiger partial charge in [-0.2, -0.15) is 0 Å². The van der Waals surface area contributed by atoms with E-state index < -0.39 is 5.97 Å². The Morgan fingerprint density at radius 3 is 3.05 bits per heavy atom. The number of aromatic carboxylic acids is 1. The summed E-state index contributed by atoms with van der Waals surface area (Å²) in [4.78, 5) is 21.4. The second-order valence-corrected chi connectivity index (χ2v) is 5.70. The van der Waals surface area contributed by atoms with Crippen molar-refractivity contribution in [2.75, 3.05) is 19.6 Å². The zero-order valence-corrected chi connectivity index (χ0v) is 11.5. The predicted molar refractivity (Wildman–Crippen MR) is 73.4 cm³/mol. The predicted octanol–water partition coefficient (Wildman–Crippen LogP) is 0.749. The van der Waals surface area contributed by atoms with Crippen LogP contribution >= 0.6 is 0 Å². The van der Waals surface area contributed by atoms with E-state index in [4.69, 9.17) is 5.11 Å². The van der Waals surface area contributed by atoms with Gasteiger partial charge in [-0.1, -0.05) is 0 Å². The van der Waals surface area contributed by atoms with Crippen LogP contribution in [0, 0.1) is 5.92 Å². The zero-order valence-electron chi connectivity index (χ0n) is 11.5. The molecule has 1 atom stereocenters. The molecule has 2 N–H and O–H groups in total. The average molecular weight is 276 g/mol. The maximum atomic E-state index is 11.1. The molecule has 1 unspecified atom stereocenters. The van der Waals surface area contributed by atoms with Crippen molar-refractivity contribution in [1.82, 2.24) is 20.2 Å². The van der Waals surface area contributed by atoms with Gasteiger partial charge in [-0.05, 0) is 38.3 Å². The molecule has 2 fully saturated rings. The molecule has 20 heavy (non-hydrogen) atoms. The largest absolute Gasteiger partial charge is 0.478 e. The van der Waals surface area contributed by atoms with E-state index in [0.717, 1.165) is 12.6 Å². The summed E-state index contributed by atoms with van der Waals surface area (Å²) in [6.07, 6.45) is 6.72. The van der Waals surface area contributed by atoms with Gasteiger partial charge in [-0.25, -0.2) is 14.8 Å². The first-order valence-corrected chi connectivity index (χ1v) is 7.21. The molecule has 108 valence electrons. The van der Waals surface area contributed by atoms with Crippen LogP contribution in [0.4, 0.5) is 0 Å². The number of nitrogens with one attached hydrogen (secondary N) is 1. The Hall–Kier alpha value is -1.53. The maximum absolute atomic E-state index is 11.1. The minimum atomic E-state index is -0.969. The van der Waals surface area contributed by atoms with E-state index in [0.29, 0.717) is 18.2 Å². The Morgan fingerprint density at radius 2 is 2.30 bits per heavy atom. The van der Waals surface area contributed by atoms with Crippen molar-refractivity contribution in [1.29, 1.82) is 0 Å². The van der Waals surface area contributed by atoms with Gasteiger partial charge in [0.1, 0.15) is 11.9 Å². The quantitative estimate of drug-likeness (QED) is 0.798. The number of nitrogens with zero attached hydrogens (tertiary/aromatic N) is 3. The Bertz CT molecular complexity index is 490. The van der Waals surface area contributed by atoms with E-state index in [2.05, 4.69) is 20.2 Å². The van der Waals surface area contributed by atoms with Crippen LogP contribution in [-0.4, -0.2) is 51.6 Å². The number of hydrogen-bond acceptors (Lipinski definition) is 5. The van der Waals surface area contributed by atoms with Gasteiger partial charge in [0.15, 0.2) is 0 Å².